The van der Waals surface area contributed by atoms with Crippen LogP contribution in [-0.4, -0.2) is 75.9 Å². The number of nitrogens with zero attached hydrogens (tertiary/aromatic N) is 3. The van der Waals surface area contributed by atoms with Crippen LogP contribution in [0.5, 0.6) is 0 Å². The van der Waals surface area contributed by atoms with Crippen molar-refractivity contribution in [2.75, 3.05) is 63.9 Å². The third-order valence-corrected chi connectivity index (χ3v) is 5.13. The quantitative estimate of drug-likeness (QED) is 0.346. The van der Waals surface area contributed by atoms with E-state index in [1.165, 1.54) is 5.69 Å². The van der Waals surface area contributed by atoms with Gasteiger partial charge in [0.05, 0.1) is 6.54 Å². The number of rotatable bonds is 11. The fraction of sp³-hybridized carbons (Fsp3) is 0.682. The summed E-state index contributed by atoms with van der Waals surface area (Å²) < 4.78 is 5.39. The molecular weight excluding hydrogens is 350 g/mol. The van der Waals surface area contributed by atoms with Gasteiger partial charge in [-0.2, -0.15) is 0 Å². The highest BCUT2D eigenvalue weighted by molar-refractivity contribution is 5.79. The van der Waals surface area contributed by atoms with E-state index < -0.39 is 0 Å². The predicted molar refractivity (Wildman–Crippen MR) is 119 cm³/mol. The van der Waals surface area contributed by atoms with E-state index in [2.05, 4.69) is 64.6 Å². The molecule has 0 saturated carbocycles. The SMILES string of the molecule is CCNC(=NCC(C)N1CCN(c2ccccc2)CC1)NCCCCOCC. The Bertz CT molecular complexity index is 543. The Morgan fingerprint density at radius 1 is 1.07 bits per heavy atom. The first-order valence-electron chi connectivity index (χ1n) is 10.9. The zero-order chi connectivity index (χ0) is 20.0. The molecule has 6 heteroatoms. The topological polar surface area (TPSA) is 52.1 Å². The molecule has 0 amide bonds. The summed E-state index contributed by atoms with van der Waals surface area (Å²) in [5, 5.41) is 6.79. The lowest BCUT2D eigenvalue weighted by atomic mass is 10.2. The zero-order valence-electron chi connectivity index (χ0n) is 18.0. The standard InChI is InChI=1S/C22H39N5O/c1-4-23-22(24-13-9-10-18-28-5-2)25-19-20(3)26-14-16-27(17-15-26)21-11-7-6-8-12-21/h6-8,11-12,20H,4-5,9-10,13-19H2,1-3H3,(H2,23,24,25). The van der Waals surface area contributed by atoms with E-state index in [-0.39, 0.29) is 0 Å². The molecule has 1 saturated heterocycles. The maximum atomic E-state index is 5.39. The van der Waals surface area contributed by atoms with Gasteiger partial charge >= 0.3 is 0 Å². The second-order valence-electron chi connectivity index (χ2n) is 7.26. The average molecular weight is 390 g/mol. The van der Waals surface area contributed by atoms with Gasteiger partial charge in [-0.15, -0.1) is 0 Å². The van der Waals surface area contributed by atoms with Crippen molar-refractivity contribution >= 4 is 11.6 Å². The number of hydrogen-bond acceptors (Lipinski definition) is 4. The number of piperazine rings is 1. The van der Waals surface area contributed by atoms with E-state index in [0.29, 0.717) is 6.04 Å². The second-order valence-corrected chi connectivity index (χ2v) is 7.26. The van der Waals surface area contributed by atoms with Crippen molar-refractivity contribution in [1.82, 2.24) is 15.5 Å². The molecule has 6 nitrogen and oxygen atoms in total. The number of anilines is 1. The van der Waals surface area contributed by atoms with Gasteiger partial charge in [-0.25, -0.2) is 0 Å². The van der Waals surface area contributed by atoms with Gasteiger partial charge in [0.25, 0.3) is 0 Å². The molecule has 2 N–H and O–H groups in total. The summed E-state index contributed by atoms with van der Waals surface area (Å²) in [6, 6.07) is 11.2. The van der Waals surface area contributed by atoms with Crippen molar-refractivity contribution < 1.29 is 4.74 Å². The van der Waals surface area contributed by atoms with Gasteiger partial charge in [-0.3, -0.25) is 9.89 Å². The summed E-state index contributed by atoms with van der Waals surface area (Å²) in [4.78, 5) is 9.83. The third kappa shape index (κ3) is 8.07. The van der Waals surface area contributed by atoms with Crippen LogP contribution in [0, 0.1) is 0 Å². The maximum absolute atomic E-state index is 5.39. The van der Waals surface area contributed by atoms with E-state index in [9.17, 15) is 0 Å². The summed E-state index contributed by atoms with van der Waals surface area (Å²) in [6.45, 7) is 15.1. The van der Waals surface area contributed by atoms with Crippen LogP contribution in [0.15, 0.2) is 35.3 Å². The van der Waals surface area contributed by atoms with Crippen LogP contribution in [0.3, 0.4) is 0 Å². The molecule has 0 radical (unpaired) electrons. The first kappa shape index (κ1) is 22.5. The van der Waals surface area contributed by atoms with Gasteiger partial charge < -0.3 is 20.3 Å². The van der Waals surface area contributed by atoms with E-state index >= 15 is 0 Å². The minimum Gasteiger partial charge on any atom is -0.382 e. The number of para-hydroxylation sites is 1. The molecule has 1 aromatic carbocycles. The van der Waals surface area contributed by atoms with Crippen LogP contribution < -0.4 is 15.5 Å². The molecule has 0 bridgehead atoms. The molecule has 1 heterocycles. The van der Waals surface area contributed by atoms with Crippen LogP contribution in [0.25, 0.3) is 0 Å². The second kappa shape index (κ2) is 13.4. The summed E-state index contributed by atoms with van der Waals surface area (Å²) in [6.07, 6.45) is 2.18. The fourth-order valence-electron chi connectivity index (χ4n) is 3.42. The lowest BCUT2D eigenvalue weighted by molar-refractivity contribution is 0.143. The molecule has 1 aliphatic heterocycles. The minimum atomic E-state index is 0.450. The Hall–Kier alpha value is -1.79. The van der Waals surface area contributed by atoms with Crippen LogP contribution in [-0.2, 0) is 4.74 Å². The van der Waals surface area contributed by atoms with E-state index in [1.54, 1.807) is 0 Å². The van der Waals surface area contributed by atoms with Crippen molar-refractivity contribution in [1.29, 1.82) is 0 Å². The highest BCUT2D eigenvalue weighted by atomic mass is 16.5. The minimum absolute atomic E-state index is 0.450. The number of unbranched alkanes of at least 4 members (excludes halogenated alkanes) is 1. The summed E-state index contributed by atoms with van der Waals surface area (Å²) >= 11 is 0. The highest BCUT2D eigenvalue weighted by Gasteiger charge is 2.21. The third-order valence-electron chi connectivity index (χ3n) is 5.13. The van der Waals surface area contributed by atoms with Gasteiger partial charge in [0, 0.05) is 64.2 Å². The first-order chi connectivity index (χ1) is 13.7. The van der Waals surface area contributed by atoms with Crippen molar-refractivity contribution in [3.05, 3.63) is 30.3 Å². The molecule has 0 spiro atoms. The Morgan fingerprint density at radius 2 is 1.82 bits per heavy atom. The van der Waals surface area contributed by atoms with Crippen LogP contribution in [0.2, 0.25) is 0 Å². The highest BCUT2D eigenvalue weighted by Crippen LogP contribution is 2.16. The van der Waals surface area contributed by atoms with Crippen LogP contribution >= 0.6 is 0 Å². The molecular formula is C22H39N5O. The number of nitrogens with one attached hydrogen (secondary N) is 2. The molecule has 28 heavy (non-hydrogen) atoms. The first-order valence-corrected chi connectivity index (χ1v) is 10.9. The normalized spacial score (nSPS) is 16.8. The van der Waals surface area contributed by atoms with Crippen LogP contribution in [0.1, 0.15) is 33.6 Å². The van der Waals surface area contributed by atoms with Crippen molar-refractivity contribution in [2.45, 2.75) is 39.7 Å². The maximum Gasteiger partial charge on any atom is 0.191 e. The number of benzene rings is 1. The zero-order valence-corrected chi connectivity index (χ0v) is 18.0. The Labute approximate surface area is 171 Å². The molecule has 0 aliphatic carbocycles. The van der Waals surface area contributed by atoms with Gasteiger partial charge in [-0.1, -0.05) is 18.2 Å². The number of ether oxygens (including phenoxy) is 1. The fourth-order valence-corrected chi connectivity index (χ4v) is 3.42. The molecule has 0 aromatic heterocycles. The van der Waals surface area contributed by atoms with E-state index in [1.807, 2.05) is 6.92 Å². The van der Waals surface area contributed by atoms with Gasteiger partial charge in [0.1, 0.15) is 0 Å². The monoisotopic (exact) mass is 389 g/mol. The van der Waals surface area contributed by atoms with Gasteiger partial charge in [0.15, 0.2) is 5.96 Å². The molecule has 1 fully saturated rings. The molecule has 2 rings (SSSR count). The van der Waals surface area contributed by atoms with Gasteiger partial charge in [-0.05, 0) is 45.7 Å². The number of aliphatic imine (C=N–C) groups is 1. The summed E-state index contributed by atoms with van der Waals surface area (Å²) in [5.41, 5.74) is 1.33. The lowest BCUT2D eigenvalue weighted by Crippen LogP contribution is -2.50. The Kier molecular flexibility index (Phi) is 10.8. The molecule has 1 atom stereocenters. The molecule has 1 aromatic rings. The predicted octanol–water partition coefficient (Wildman–Crippen LogP) is 2.57. The summed E-state index contributed by atoms with van der Waals surface area (Å²) in [7, 11) is 0. The smallest absolute Gasteiger partial charge is 0.191 e. The number of guanidine groups is 1. The van der Waals surface area contributed by atoms with E-state index in [0.717, 1.165) is 77.8 Å². The molecule has 1 aliphatic rings. The van der Waals surface area contributed by atoms with Crippen LogP contribution in [0.4, 0.5) is 5.69 Å². The van der Waals surface area contributed by atoms with Crippen molar-refractivity contribution in [2.24, 2.45) is 4.99 Å². The Morgan fingerprint density at radius 3 is 2.50 bits per heavy atom. The van der Waals surface area contributed by atoms with Gasteiger partial charge in [0.2, 0.25) is 0 Å². The van der Waals surface area contributed by atoms with Crippen molar-refractivity contribution in [3.8, 4) is 0 Å². The molecule has 158 valence electrons. The lowest BCUT2D eigenvalue weighted by Gasteiger charge is -2.38. The largest absolute Gasteiger partial charge is 0.382 e. The van der Waals surface area contributed by atoms with Crippen molar-refractivity contribution in [3.63, 3.8) is 0 Å². The number of hydrogen-bond donors (Lipinski definition) is 2. The Balaban J connectivity index is 1.71. The average Bonchev–Trinajstić information content (AvgIpc) is 2.75. The van der Waals surface area contributed by atoms with E-state index in [4.69, 9.17) is 9.73 Å². The summed E-state index contributed by atoms with van der Waals surface area (Å²) in [5.74, 6) is 0.925. The molecule has 1 unspecified atom stereocenters.